The minimum absolute atomic E-state index is 0.0439. The van der Waals surface area contributed by atoms with E-state index in [2.05, 4.69) is 0 Å². The summed E-state index contributed by atoms with van der Waals surface area (Å²) in [7, 11) is -3.50. The summed E-state index contributed by atoms with van der Waals surface area (Å²) in [6, 6.07) is 23.7. The summed E-state index contributed by atoms with van der Waals surface area (Å²) in [6.45, 7) is 0.365. The predicted molar refractivity (Wildman–Crippen MR) is 134 cm³/mol. The predicted octanol–water partition coefficient (Wildman–Crippen LogP) is 5.76. The Morgan fingerprint density at radius 1 is 1.00 bits per heavy atom. The van der Waals surface area contributed by atoms with E-state index in [-0.39, 0.29) is 15.5 Å². The number of aromatic nitrogens is 1. The maximum absolute atomic E-state index is 13.6. The van der Waals surface area contributed by atoms with Crippen LogP contribution in [0, 0.1) is 0 Å². The number of benzene rings is 3. The van der Waals surface area contributed by atoms with Crippen molar-refractivity contribution in [3.8, 4) is 11.3 Å². The first-order valence-corrected chi connectivity index (χ1v) is 13.3. The van der Waals surface area contributed by atoms with Gasteiger partial charge in [0, 0.05) is 23.7 Å². The number of hydrogen-bond donors (Lipinski definition) is 0. The van der Waals surface area contributed by atoms with Crippen molar-refractivity contribution < 1.29 is 13.2 Å². The highest BCUT2D eigenvalue weighted by Crippen LogP contribution is 2.30. The molecule has 4 aromatic rings. The molecule has 3 aromatic carbocycles. The quantitative estimate of drug-likeness (QED) is 0.326. The third kappa shape index (κ3) is 5.50. The molecule has 0 saturated carbocycles. The summed E-state index contributed by atoms with van der Waals surface area (Å²) in [6.07, 6.45) is 1.71. The highest BCUT2D eigenvalue weighted by molar-refractivity contribution is 7.90. The number of anilines is 1. The number of rotatable bonds is 7. The van der Waals surface area contributed by atoms with E-state index in [0.717, 1.165) is 23.1 Å². The van der Waals surface area contributed by atoms with Crippen LogP contribution < -0.4 is 4.90 Å². The van der Waals surface area contributed by atoms with Crippen LogP contribution in [0.1, 0.15) is 15.9 Å². The number of amides is 1. The number of thiazole rings is 1. The Hall–Kier alpha value is -3.00. The third-order valence-corrected chi connectivity index (χ3v) is 7.40. The van der Waals surface area contributed by atoms with Crippen molar-refractivity contribution in [2.45, 2.75) is 11.3 Å². The summed E-state index contributed by atoms with van der Waals surface area (Å²) in [5, 5.41) is 2.62. The average Bonchev–Trinajstić information content (AvgIpc) is 3.30. The normalized spacial score (nSPS) is 11.3. The second-order valence-corrected chi connectivity index (χ2v) is 10.7. The topological polar surface area (TPSA) is 67.3 Å². The highest BCUT2D eigenvalue weighted by atomic mass is 35.5. The molecule has 0 fully saturated rings. The Bertz CT molecular complexity index is 1370. The molecule has 0 aliphatic heterocycles. The fourth-order valence-electron chi connectivity index (χ4n) is 3.34. The smallest absolute Gasteiger partial charge is 0.261 e. The molecule has 0 saturated heterocycles. The molecule has 0 spiro atoms. The minimum atomic E-state index is -3.50. The van der Waals surface area contributed by atoms with Gasteiger partial charge in [-0.15, -0.1) is 11.3 Å². The molecular formula is C25H21ClN2O3S2. The monoisotopic (exact) mass is 496 g/mol. The lowest BCUT2D eigenvalue weighted by Crippen LogP contribution is -2.33. The second kappa shape index (κ2) is 9.87. The van der Waals surface area contributed by atoms with Crippen molar-refractivity contribution >= 4 is 43.8 Å². The van der Waals surface area contributed by atoms with E-state index in [1.807, 2.05) is 66.0 Å². The first kappa shape index (κ1) is 23.2. The van der Waals surface area contributed by atoms with E-state index in [9.17, 15) is 13.2 Å². The molecule has 0 aliphatic carbocycles. The standard InChI is InChI=1S/C25H21ClN2O3S2/c1-33(30,31)20-12-13-22(26)21(16-20)24(29)28(15-14-18-8-4-2-5-9-18)25-27-23(17-32-25)19-10-6-3-7-11-19/h2-13,16-17H,14-15H2,1H3. The van der Waals surface area contributed by atoms with Crippen molar-refractivity contribution in [2.75, 3.05) is 17.7 Å². The van der Waals surface area contributed by atoms with Crippen molar-refractivity contribution in [3.05, 3.63) is 100 Å². The SMILES string of the molecule is CS(=O)(=O)c1ccc(Cl)c(C(=O)N(CCc2ccccc2)c2nc(-c3ccccc3)cs2)c1. The second-order valence-electron chi connectivity index (χ2n) is 7.49. The fourth-order valence-corrected chi connectivity index (χ4v) is 5.05. The molecule has 5 nitrogen and oxygen atoms in total. The number of hydrogen-bond acceptors (Lipinski definition) is 5. The largest absolute Gasteiger partial charge is 0.284 e. The van der Waals surface area contributed by atoms with Gasteiger partial charge < -0.3 is 0 Å². The van der Waals surface area contributed by atoms with Crippen LogP contribution >= 0.6 is 22.9 Å². The van der Waals surface area contributed by atoms with Gasteiger partial charge in [-0.25, -0.2) is 13.4 Å². The molecule has 4 rings (SSSR count). The maximum Gasteiger partial charge on any atom is 0.261 e. The molecular weight excluding hydrogens is 476 g/mol. The van der Waals surface area contributed by atoms with Gasteiger partial charge in [0.2, 0.25) is 0 Å². The molecule has 1 heterocycles. The molecule has 0 aliphatic rings. The first-order chi connectivity index (χ1) is 15.8. The summed E-state index contributed by atoms with van der Waals surface area (Å²) < 4.78 is 24.1. The lowest BCUT2D eigenvalue weighted by molar-refractivity contribution is 0.0987. The minimum Gasteiger partial charge on any atom is -0.284 e. The van der Waals surface area contributed by atoms with Crippen molar-refractivity contribution in [2.24, 2.45) is 0 Å². The van der Waals surface area contributed by atoms with Crippen LogP contribution in [0.3, 0.4) is 0 Å². The van der Waals surface area contributed by atoms with Gasteiger partial charge in [-0.05, 0) is 30.2 Å². The Labute approximate surface area is 202 Å². The Morgan fingerprint density at radius 2 is 1.67 bits per heavy atom. The molecule has 1 aromatic heterocycles. The van der Waals surface area contributed by atoms with E-state index in [1.54, 1.807) is 4.90 Å². The zero-order valence-electron chi connectivity index (χ0n) is 17.8. The summed E-state index contributed by atoms with van der Waals surface area (Å²) in [4.78, 5) is 19.9. The van der Waals surface area contributed by atoms with Gasteiger partial charge in [0.25, 0.3) is 5.91 Å². The number of carbonyl (C=O) groups excluding carboxylic acids is 1. The van der Waals surface area contributed by atoms with Crippen LogP contribution in [0.25, 0.3) is 11.3 Å². The Kier molecular flexibility index (Phi) is 6.93. The van der Waals surface area contributed by atoms with Gasteiger partial charge in [0.1, 0.15) is 0 Å². The van der Waals surface area contributed by atoms with Gasteiger partial charge in [0.15, 0.2) is 15.0 Å². The van der Waals surface area contributed by atoms with E-state index in [0.29, 0.717) is 18.1 Å². The van der Waals surface area contributed by atoms with Crippen LogP contribution in [0.15, 0.2) is 89.1 Å². The number of halogens is 1. The van der Waals surface area contributed by atoms with Crippen molar-refractivity contribution in [1.82, 2.24) is 4.98 Å². The molecule has 0 N–H and O–H groups in total. The maximum atomic E-state index is 13.6. The number of carbonyl (C=O) groups is 1. The highest BCUT2D eigenvalue weighted by Gasteiger charge is 2.24. The fraction of sp³-hybridized carbons (Fsp3) is 0.120. The van der Waals surface area contributed by atoms with Crippen LogP contribution in [0.4, 0.5) is 5.13 Å². The van der Waals surface area contributed by atoms with Crippen LogP contribution in [0.5, 0.6) is 0 Å². The molecule has 0 bridgehead atoms. The van der Waals surface area contributed by atoms with E-state index in [4.69, 9.17) is 16.6 Å². The van der Waals surface area contributed by atoms with Crippen molar-refractivity contribution in [1.29, 1.82) is 0 Å². The number of sulfone groups is 1. The van der Waals surface area contributed by atoms with Crippen LogP contribution in [-0.2, 0) is 16.3 Å². The molecule has 0 atom stereocenters. The molecule has 8 heteroatoms. The Morgan fingerprint density at radius 3 is 2.33 bits per heavy atom. The molecule has 168 valence electrons. The zero-order chi connectivity index (χ0) is 23.4. The van der Waals surface area contributed by atoms with Gasteiger partial charge in [-0.1, -0.05) is 72.3 Å². The van der Waals surface area contributed by atoms with E-state index >= 15 is 0 Å². The van der Waals surface area contributed by atoms with Gasteiger partial charge >= 0.3 is 0 Å². The molecule has 1 amide bonds. The lowest BCUT2D eigenvalue weighted by atomic mass is 10.1. The lowest BCUT2D eigenvalue weighted by Gasteiger charge is -2.21. The van der Waals surface area contributed by atoms with Gasteiger partial charge in [-0.2, -0.15) is 0 Å². The van der Waals surface area contributed by atoms with Crippen molar-refractivity contribution in [3.63, 3.8) is 0 Å². The van der Waals surface area contributed by atoms with E-state index in [1.165, 1.54) is 29.5 Å². The van der Waals surface area contributed by atoms with Gasteiger partial charge in [-0.3, -0.25) is 9.69 Å². The van der Waals surface area contributed by atoms with Crippen LogP contribution in [-0.4, -0.2) is 32.1 Å². The summed E-state index contributed by atoms with van der Waals surface area (Å²) in [5.74, 6) is -0.393. The average molecular weight is 497 g/mol. The van der Waals surface area contributed by atoms with E-state index < -0.39 is 15.7 Å². The first-order valence-electron chi connectivity index (χ1n) is 10.2. The van der Waals surface area contributed by atoms with Crippen LogP contribution in [0.2, 0.25) is 5.02 Å². The summed E-state index contributed by atoms with van der Waals surface area (Å²) in [5.41, 5.74) is 2.92. The molecule has 33 heavy (non-hydrogen) atoms. The third-order valence-electron chi connectivity index (χ3n) is 5.10. The Balaban J connectivity index is 1.72. The molecule has 0 radical (unpaired) electrons. The zero-order valence-corrected chi connectivity index (χ0v) is 20.2. The van der Waals surface area contributed by atoms with Gasteiger partial charge in [0.05, 0.1) is 21.2 Å². The molecule has 0 unspecified atom stereocenters. The number of nitrogens with zero attached hydrogens (tertiary/aromatic N) is 2. The summed E-state index contributed by atoms with van der Waals surface area (Å²) >= 11 is 7.69.